The number of carbonyl (C=O) groups is 1. The van der Waals surface area contributed by atoms with Crippen LogP contribution >= 0.6 is 0 Å². The molecule has 100 valence electrons. The summed E-state index contributed by atoms with van der Waals surface area (Å²) in [5.41, 5.74) is 1.41. The first-order chi connectivity index (χ1) is 9.25. The fraction of sp³-hybridized carbons (Fsp3) is 0.286. The molecule has 1 aromatic carbocycles. The van der Waals surface area contributed by atoms with Crippen LogP contribution < -0.4 is 5.32 Å². The molecule has 0 aliphatic carbocycles. The lowest BCUT2D eigenvalue weighted by molar-refractivity contribution is 0.0697. The smallest absolute Gasteiger partial charge is 0.335 e. The molecule has 19 heavy (non-hydrogen) atoms. The number of benzene rings is 1. The summed E-state index contributed by atoms with van der Waals surface area (Å²) < 4.78 is 2.04. The van der Waals surface area contributed by atoms with E-state index in [9.17, 15) is 4.79 Å². The van der Waals surface area contributed by atoms with E-state index in [4.69, 9.17) is 5.11 Å². The predicted octanol–water partition coefficient (Wildman–Crippen LogP) is 1.76. The first-order valence-electron chi connectivity index (χ1n) is 6.24. The predicted molar refractivity (Wildman–Crippen MR) is 72.0 cm³/mol. The van der Waals surface area contributed by atoms with Crippen LogP contribution in [0.25, 0.3) is 0 Å². The highest BCUT2D eigenvalue weighted by atomic mass is 16.4. The Bertz CT molecular complexity index is 506. The van der Waals surface area contributed by atoms with Gasteiger partial charge in [-0.3, -0.25) is 0 Å². The van der Waals surface area contributed by atoms with Crippen molar-refractivity contribution in [3.8, 4) is 0 Å². The van der Waals surface area contributed by atoms with Gasteiger partial charge in [-0.2, -0.15) is 0 Å². The monoisotopic (exact) mass is 259 g/mol. The molecule has 0 aliphatic rings. The number of aryl methyl sites for hydroxylation is 1. The van der Waals surface area contributed by atoms with Crippen molar-refractivity contribution in [3.05, 3.63) is 54.1 Å². The molecule has 0 saturated heterocycles. The van der Waals surface area contributed by atoms with E-state index in [2.05, 4.69) is 10.3 Å². The average Bonchev–Trinajstić information content (AvgIpc) is 2.92. The van der Waals surface area contributed by atoms with Crippen molar-refractivity contribution in [2.24, 2.45) is 0 Å². The zero-order chi connectivity index (χ0) is 13.5. The van der Waals surface area contributed by atoms with Crippen LogP contribution in [0.5, 0.6) is 0 Å². The standard InChI is InChI=1S/C14H17N3O2/c18-14(19)13-4-2-12(3-5-13)10-15-6-1-8-17-9-7-16-11-17/h2-5,7,9,11,15H,1,6,8,10H2,(H,18,19). The number of aromatic carboxylic acids is 1. The maximum atomic E-state index is 10.7. The van der Waals surface area contributed by atoms with Crippen LogP contribution in [0.15, 0.2) is 43.0 Å². The number of imidazole rings is 1. The second-order valence-electron chi connectivity index (χ2n) is 4.33. The molecule has 2 rings (SSSR count). The van der Waals surface area contributed by atoms with Crippen LogP contribution in [0.3, 0.4) is 0 Å². The van der Waals surface area contributed by atoms with Crippen LogP contribution in [0.1, 0.15) is 22.3 Å². The summed E-state index contributed by atoms with van der Waals surface area (Å²) in [6.45, 7) is 2.62. The minimum Gasteiger partial charge on any atom is -0.478 e. The van der Waals surface area contributed by atoms with E-state index in [0.29, 0.717) is 5.56 Å². The van der Waals surface area contributed by atoms with Gasteiger partial charge < -0.3 is 15.0 Å². The van der Waals surface area contributed by atoms with Crippen molar-refractivity contribution in [1.82, 2.24) is 14.9 Å². The van der Waals surface area contributed by atoms with Gasteiger partial charge in [-0.05, 0) is 30.7 Å². The van der Waals surface area contributed by atoms with Crippen molar-refractivity contribution >= 4 is 5.97 Å². The van der Waals surface area contributed by atoms with Gasteiger partial charge in [0.1, 0.15) is 0 Å². The molecule has 2 N–H and O–H groups in total. The Balaban J connectivity index is 1.66. The second kappa shape index (κ2) is 6.70. The minimum atomic E-state index is -0.889. The molecule has 0 spiro atoms. The maximum Gasteiger partial charge on any atom is 0.335 e. The summed E-state index contributed by atoms with van der Waals surface area (Å²) in [6.07, 6.45) is 6.57. The Morgan fingerprint density at radius 3 is 2.74 bits per heavy atom. The lowest BCUT2D eigenvalue weighted by atomic mass is 10.1. The van der Waals surface area contributed by atoms with Gasteiger partial charge in [-0.25, -0.2) is 9.78 Å². The fourth-order valence-electron chi connectivity index (χ4n) is 1.80. The molecule has 0 radical (unpaired) electrons. The zero-order valence-electron chi connectivity index (χ0n) is 10.6. The number of hydrogen-bond acceptors (Lipinski definition) is 3. The van der Waals surface area contributed by atoms with Crippen LogP contribution in [-0.4, -0.2) is 27.2 Å². The lowest BCUT2D eigenvalue weighted by Gasteiger charge is -2.06. The molecule has 1 aromatic heterocycles. The molecule has 2 aromatic rings. The number of nitrogens with one attached hydrogen (secondary N) is 1. The number of hydrogen-bond donors (Lipinski definition) is 2. The van der Waals surface area contributed by atoms with E-state index in [1.165, 1.54) is 0 Å². The summed E-state index contributed by atoms with van der Waals surface area (Å²) in [5, 5.41) is 12.1. The Morgan fingerprint density at radius 1 is 1.32 bits per heavy atom. The fourth-order valence-corrected chi connectivity index (χ4v) is 1.80. The number of carboxylic acids is 1. The third-order valence-corrected chi connectivity index (χ3v) is 2.86. The first-order valence-corrected chi connectivity index (χ1v) is 6.24. The topological polar surface area (TPSA) is 67.2 Å². The molecule has 0 bridgehead atoms. The van der Waals surface area contributed by atoms with Gasteiger partial charge in [0.25, 0.3) is 0 Å². The molecule has 0 fully saturated rings. The molecular formula is C14H17N3O2. The van der Waals surface area contributed by atoms with Gasteiger partial charge in [-0.15, -0.1) is 0 Å². The molecule has 0 unspecified atom stereocenters. The van der Waals surface area contributed by atoms with Crippen LogP contribution in [0.4, 0.5) is 0 Å². The average molecular weight is 259 g/mol. The maximum absolute atomic E-state index is 10.7. The summed E-state index contributed by atoms with van der Waals surface area (Å²) in [4.78, 5) is 14.7. The second-order valence-corrected chi connectivity index (χ2v) is 4.33. The third kappa shape index (κ3) is 4.22. The summed E-state index contributed by atoms with van der Waals surface area (Å²) in [5.74, 6) is -0.889. The molecule has 5 heteroatoms. The van der Waals surface area contributed by atoms with Gasteiger partial charge in [0.05, 0.1) is 11.9 Å². The highest BCUT2D eigenvalue weighted by Crippen LogP contribution is 2.04. The van der Waals surface area contributed by atoms with E-state index in [1.54, 1.807) is 18.3 Å². The summed E-state index contributed by atoms with van der Waals surface area (Å²) >= 11 is 0. The quantitative estimate of drug-likeness (QED) is 0.743. The normalized spacial score (nSPS) is 10.5. The number of nitrogens with zero attached hydrogens (tertiary/aromatic N) is 2. The Kier molecular flexibility index (Phi) is 4.69. The minimum absolute atomic E-state index is 0.323. The Hall–Kier alpha value is -2.14. The van der Waals surface area contributed by atoms with Crippen molar-refractivity contribution in [2.45, 2.75) is 19.5 Å². The SMILES string of the molecule is O=C(O)c1ccc(CNCCCn2ccnc2)cc1. The molecule has 0 saturated carbocycles. The zero-order valence-corrected chi connectivity index (χ0v) is 10.6. The molecule has 5 nitrogen and oxygen atoms in total. The van der Waals surface area contributed by atoms with Crippen molar-refractivity contribution in [3.63, 3.8) is 0 Å². The van der Waals surface area contributed by atoms with Gasteiger partial charge in [0, 0.05) is 25.5 Å². The third-order valence-electron chi connectivity index (χ3n) is 2.86. The van der Waals surface area contributed by atoms with Crippen LogP contribution in [0, 0.1) is 0 Å². The van der Waals surface area contributed by atoms with E-state index in [0.717, 1.165) is 31.6 Å². The first kappa shape index (κ1) is 13.3. The van der Waals surface area contributed by atoms with Crippen LogP contribution in [-0.2, 0) is 13.1 Å². The van der Waals surface area contributed by atoms with Gasteiger partial charge in [0.2, 0.25) is 0 Å². The summed E-state index contributed by atoms with van der Waals surface area (Å²) in [6, 6.07) is 6.94. The summed E-state index contributed by atoms with van der Waals surface area (Å²) in [7, 11) is 0. The van der Waals surface area contributed by atoms with E-state index in [1.807, 2.05) is 29.2 Å². The highest BCUT2D eigenvalue weighted by Gasteiger charge is 2.01. The lowest BCUT2D eigenvalue weighted by Crippen LogP contribution is -2.16. The number of aromatic nitrogens is 2. The molecule has 0 amide bonds. The van der Waals surface area contributed by atoms with Gasteiger partial charge in [0.15, 0.2) is 0 Å². The van der Waals surface area contributed by atoms with E-state index >= 15 is 0 Å². The van der Waals surface area contributed by atoms with Gasteiger partial charge >= 0.3 is 5.97 Å². The van der Waals surface area contributed by atoms with E-state index < -0.39 is 5.97 Å². The van der Waals surface area contributed by atoms with Gasteiger partial charge in [-0.1, -0.05) is 12.1 Å². The van der Waals surface area contributed by atoms with Crippen molar-refractivity contribution in [1.29, 1.82) is 0 Å². The van der Waals surface area contributed by atoms with E-state index in [-0.39, 0.29) is 0 Å². The Morgan fingerprint density at radius 2 is 2.11 bits per heavy atom. The largest absolute Gasteiger partial charge is 0.478 e. The van der Waals surface area contributed by atoms with Crippen LogP contribution in [0.2, 0.25) is 0 Å². The van der Waals surface area contributed by atoms with Crippen molar-refractivity contribution < 1.29 is 9.90 Å². The molecular weight excluding hydrogens is 242 g/mol. The highest BCUT2D eigenvalue weighted by molar-refractivity contribution is 5.87. The Labute approximate surface area is 111 Å². The molecule has 0 aliphatic heterocycles. The molecule has 0 atom stereocenters. The number of rotatable bonds is 7. The molecule has 1 heterocycles. The van der Waals surface area contributed by atoms with Crippen molar-refractivity contribution in [2.75, 3.05) is 6.54 Å². The number of carboxylic acid groups (broad SMARTS) is 1.